The molecule has 2 nitrogen and oxygen atoms in total. The van der Waals surface area contributed by atoms with Crippen molar-refractivity contribution in [2.75, 3.05) is 5.73 Å². The molecule has 0 radical (unpaired) electrons. The molecule has 0 aliphatic rings. The average Bonchev–Trinajstić information content (AvgIpc) is 2.92. The second-order valence-corrected chi connectivity index (χ2v) is 6.31. The topological polar surface area (TPSA) is 49.8 Å². The molecule has 0 spiro atoms. The summed E-state index contributed by atoms with van der Waals surface area (Å²) in [6, 6.07) is 8.87. The van der Waals surface area contributed by atoms with Crippen LogP contribution in [0.3, 0.4) is 0 Å². The van der Waals surface area contributed by atoms with Crippen LogP contribution in [0.5, 0.6) is 0 Å². The Morgan fingerprint density at radius 3 is 2.74 bits per heavy atom. The maximum Gasteiger partial charge on any atom is 0.128 e. The second-order valence-electron chi connectivity index (χ2n) is 4.20. The Morgan fingerprint density at radius 1 is 1.26 bits per heavy atom. The fourth-order valence-corrected chi connectivity index (χ4v) is 4.23. The molecule has 3 rings (SSSR count). The number of thiophene rings is 2. The summed E-state index contributed by atoms with van der Waals surface area (Å²) in [5.41, 5.74) is 7.37. The Kier molecular flexibility index (Phi) is 2.77. The van der Waals surface area contributed by atoms with Crippen LogP contribution < -0.4 is 5.73 Å². The molecule has 0 fully saturated rings. The van der Waals surface area contributed by atoms with Gasteiger partial charge in [0.2, 0.25) is 0 Å². The van der Waals surface area contributed by atoms with E-state index < -0.39 is 0 Å². The van der Waals surface area contributed by atoms with Crippen LogP contribution in [0.2, 0.25) is 0 Å². The molecule has 94 valence electrons. The summed E-state index contributed by atoms with van der Waals surface area (Å²) in [7, 11) is 0. The summed E-state index contributed by atoms with van der Waals surface area (Å²) >= 11 is 2.91. The van der Waals surface area contributed by atoms with Gasteiger partial charge in [-0.3, -0.25) is 0 Å². The highest BCUT2D eigenvalue weighted by atomic mass is 32.1. The molecule has 0 saturated carbocycles. The van der Waals surface area contributed by atoms with Gasteiger partial charge in [-0.2, -0.15) is 5.26 Å². The smallest absolute Gasteiger partial charge is 0.128 e. The van der Waals surface area contributed by atoms with E-state index in [0.29, 0.717) is 10.6 Å². The number of nitriles is 1. The monoisotopic (exact) mass is 288 g/mol. The molecule has 0 saturated heterocycles. The molecule has 3 aromatic rings. The predicted molar refractivity (Wildman–Crippen MR) is 79.0 cm³/mol. The van der Waals surface area contributed by atoms with Crippen molar-refractivity contribution in [3.8, 4) is 15.8 Å². The number of hydrogen-bond acceptors (Lipinski definition) is 4. The minimum atomic E-state index is -0.235. The van der Waals surface area contributed by atoms with Crippen LogP contribution in [0.4, 0.5) is 10.1 Å². The van der Waals surface area contributed by atoms with Crippen molar-refractivity contribution in [1.29, 1.82) is 5.26 Å². The number of halogens is 1. The number of rotatable bonds is 1. The van der Waals surface area contributed by atoms with Crippen molar-refractivity contribution < 1.29 is 4.39 Å². The van der Waals surface area contributed by atoms with Gasteiger partial charge in [-0.15, -0.1) is 22.7 Å². The third-order valence-corrected chi connectivity index (χ3v) is 5.49. The minimum absolute atomic E-state index is 0.235. The van der Waals surface area contributed by atoms with Crippen LogP contribution >= 0.6 is 22.7 Å². The number of hydrogen-bond donors (Lipinski definition) is 1. The van der Waals surface area contributed by atoms with E-state index in [0.717, 1.165) is 25.4 Å². The van der Waals surface area contributed by atoms with Crippen LogP contribution in [0.15, 0.2) is 24.3 Å². The van der Waals surface area contributed by atoms with E-state index in [4.69, 9.17) is 11.0 Å². The molecule has 2 heterocycles. The van der Waals surface area contributed by atoms with E-state index in [-0.39, 0.29) is 5.82 Å². The maximum atomic E-state index is 13.2. The van der Waals surface area contributed by atoms with E-state index >= 15 is 0 Å². The van der Waals surface area contributed by atoms with Crippen LogP contribution in [0.1, 0.15) is 10.4 Å². The summed E-state index contributed by atoms with van der Waals surface area (Å²) < 4.78 is 14.1. The molecule has 19 heavy (non-hydrogen) atoms. The van der Waals surface area contributed by atoms with Gasteiger partial charge in [0.1, 0.15) is 16.8 Å². The van der Waals surface area contributed by atoms with Gasteiger partial charge in [0.05, 0.1) is 10.6 Å². The predicted octanol–water partition coefficient (Wildman–Crippen LogP) is 4.53. The molecule has 1 aromatic carbocycles. The van der Waals surface area contributed by atoms with E-state index in [1.165, 1.54) is 34.8 Å². The molecular formula is C14H9FN2S2. The zero-order valence-electron chi connectivity index (χ0n) is 10.0. The van der Waals surface area contributed by atoms with Crippen LogP contribution in [-0.2, 0) is 0 Å². The summed E-state index contributed by atoms with van der Waals surface area (Å²) in [6.45, 7) is 1.91. The normalized spacial score (nSPS) is 10.8. The zero-order valence-corrected chi connectivity index (χ0v) is 11.7. The van der Waals surface area contributed by atoms with Gasteiger partial charge in [-0.1, -0.05) is 6.07 Å². The SMILES string of the molecule is Cc1c(-c2cc3ccc(F)cc3s2)sc(C#N)c1N. The molecule has 5 heteroatoms. The van der Waals surface area contributed by atoms with Gasteiger partial charge < -0.3 is 5.73 Å². The van der Waals surface area contributed by atoms with Crippen molar-refractivity contribution in [1.82, 2.24) is 0 Å². The third kappa shape index (κ3) is 1.89. The van der Waals surface area contributed by atoms with Gasteiger partial charge in [-0.25, -0.2) is 4.39 Å². The van der Waals surface area contributed by atoms with Gasteiger partial charge in [0.25, 0.3) is 0 Å². The number of nitrogens with two attached hydrogens (primary N) is 1. The van der Waals surface area contributed by atoms with Crippen LogP contribution in [-0.4, -0.2) is 0 Å². The molecule has 0 aliphatic carbocycles. The quantitative estimate of drug-likeness (QED) is 0.715. The summed E-state index contributed by atoms with van der Waals surface area (Å²) in [6.07, 6.45) is 0. The molecule has 0 atom stereocenters. The molecule has 2 aromatic heterocycles. The van der Waals surface area contributed by atoms with Crippen molar-refractivity contribution in [2.24, 2.45) is 0 Å². The molecule has 2 N–H and O–H groups in total. The first-order chi connectivity index (χ1) is 9.10. The summed E-state index contributed by atoms with van der Waals surface area (Å²) in [5, 5.41) is 10.0. The van der Waals surface area contributed by atoms with Crippen molar-refractivity contribution in [3.63, 3.8) is 0 Å². The molecule has 0 aliphatic heterocycles. The molecule has 0 amide bonds. The Morgan fingerprint density at radius 2 is 2.05 bits per heavy atom. The van der Waals surface area contributed by atoms with Crippen LogP contribution in [0.25, 0.3) is 19.8 Å². The highest BCUT2D eigenvalue weighted by Crippen LogP contribution is 2.42. The fraction of sp³-hybridized carbons (Fsp3) is 0.0714. The lowest BCUT2D eigenvalue weighted by molar-refractivity contribution is 0.630. The first-order valence-electron chi connectivity index (χ1n) is 5.58. The summed E-state index contributed by atoms with van der Waals surface area (Å²) in [4.78, 5) is 2.56. The second kappa shape index (κ2) is 4.34. The standard InChI is InChI=1S/C14H9FN2S2/c1-7-13(17)12(6-16)19-14(7)11-4-8-2-3-9(15)5-10(8)18-11/h2-5H,17H2,1H3. The number of fused-ring (bicyclic) bond motifs is 1. The fourth-order valence-electron chi connectivity index (χ4n) is 1.96. The Hall–Kier alpha value is -1.90. The van der Waals surface area contributed by atoms with Crippen molar-refractivity contribution in [2.45, 2.75) is 6.92 Å². The highest BCUT2D eigenvalue weighted by molar-refractivity contribution is 7.26. The average molecular weight is 288 g/mol. The van der Waals surface area contributed by atoms with Gasteiger partial charge in [0, 0.05) is 9.58 Å². The molecule has 0 bridgehead atoms. The number of benzene rings is 1. The largest absolute Gasteiger partial charge is 0.397 e. The van der Waals surface area contributed by atoms with Gasteiger partial charge in [0.15, 0.2) is 0 Å². The van der Waals surface area contributed by atoms with E-state index in [1.54, 1.807) is 6.07 Å². The van der Waals surface area contributed by atoms with Gasteiger partial charge >= 0.3 is 0 Å². The number of nitrogen functional groups attached to an aromatic ring is 1. The number of anilines is 1. The lowest BCUT2D eigenvalue weighted by Crippen LogP contribution is -1.86. The lowest BCUT2D eigenvalue weighted by Gasteiger charge is -1.94. The van der Waals surface area contributed by atoms with E-state index in [1.807, 2.05) is 13.0 Å². The third-order valence-electron chi connectivity index (χ3n) is 3.00. The minimum Gasteiger partial charge on any atom is -0.397 e. The lowest BCUT2D eigenvalue weighted by atomic mass is 10.2. The van der Waals surface area contributed by atoms with Crippen LogP contribution in [0, 0.1) is 24.1 Å². The Labute approximate surface area is 117 Å². The molecular weight excluding hydrogens is 279 g/mol. The van der Waals surface area contributed by atoms with E-state index in [9.17, 15) is 4.39 Å². The zero-order chi connectivity index (χ0) is 13.6. The Bertz CT molecular complexity index is 824. The first kappa shape index (κ1) is 12.2. The molecule has 0 unspecified atom stereocenters. The number of nitrogens with zero attached hydrogens (tertiary/aromatic N) is 1. The highest BCUT2D eigenvalue weighted by Gasteiger charge is 2.15. The van der Waals surface area contributed by atoms with Gasteiger partial charge in [-0.05, 0) is 36.1 Å². The Balaban J connectivity index is 2.22. The van der Waals surface area contributed by atoms with E-state index in [2.05, 4.69) is 6.07 Å². The van der Waals surface area contributed by atoms with Crippen molar-refractivity contribution in [3.05, 3.63) is 40.5 Å². The maximum absolute atomic E-state index is 13.2. The summed E-state index contributed by atoms with van der Waals surface area (Å²) in [5.74, 6) is -0.235. The first-order valence-corrected chi connectivity index (χ1v) is 7.22. The van der Waals surface area contributed by atoms with Crippen molar-refractivity contribution >= 4 is 38.4 Å².